The first-order chi connectivity index (χ1) is 7.85. The van der Waals surface area contributed by atoms with Gasteiger partial charge in [-0.25, -0.2) is 0 Å². The summed E-state index contributed by atoms with van der Waals surface area (Å²) in [5.41, 5.74) is 2.50. The minimum atomic E-state index is 0. The van der Waals surface area contributed by atoms with Gasteiger partial charge in [0.2, 0.25) is 0 Å². The van der Waals surface area contributed by atoms with E-state index in [1.807, 2.05) is 18.2 Å². The van der Waals surface area contributed by atoms with Crippen molar-refractivity contribution in [3.8, 4) is 22.9 Å². The SMILES string of the molecule is Br.COc1cc(C#N)ccc1-c1cccnc1. The van der Waals surface area contributed by atoms with Crippen molar-refractivity contribution < 1.29 is 4.74 Å². The number of methoxy groups -OCH3 is 1. The average Bonchev–Trinajstić information content (AvgIpc) is 2.39. The average molecular weight is 291 g/mol. The van der Waals surface area contributed by atoms with Crippen LogP contribution >= 0.6 is 17.0 Å². The largest absolute Gasteiger partial charge is 0.496 e. The van der Waals surface area contributed by atoms with Crippen LogP contribution in [0.25, 0.3) is 11.1 Å². The summed E-state index contributed by atoms with van der Waals surface area (Å²) in [6, 6.07) is 11.3. The number of rotatable bonds is 2. The van der Waals surface area contributed by atoms with Crippen LogP contribution in [-0.2, 0) is 0 Å². The molecule has 17 heavy (non-hydrogen) atoms. The molecule has 0 bridgehead atoms. The van der Waals surface area contributed by atoms with Crippen molar-refractivity contribution in [2.45, 2.75) is 0 Å². The van der Waals surface area contributed by atoms with E-state index in [0.717, 1.165) is 11.1 Å². The Bertz CT molecular complexity index is 535. The standard InChI is InChI=1S/C13H10N2O.BrH/c1-16-13-7-10(8-14)4-5-12(13)11-3-2-6-15-9-11;/h2-7,9H,1H3;1H. The molecular weight excluding hydrogens is 280 g/mol. The maximum atomic E-state index is 8.80. The van der Waals surface area contributed by atoms with Crippen LogP contribution in [0.1, 0.15) is 5.56 Å². The molecule has 3 nitrogen and oxygen atoms in total. The Morgan fingerprint density at radius 2 is 2.12 bits per heavy atom. The van der Waals surface area contributed by atoms with Gasteiger partial charge in [0.25, 0.3) is 0 Å². The zero-order valence-corrected chi connectivity index (χ0v) is 11.0. The Morgan fingerprint density at radius 3 is 2.71 bits per heavy atom. The Hall–Kier alpha value is -1.86. The van der Waals surface area contributed by atoms with Crippen molar-refractivity contribution in [3.05, 3.63) is 48.3 Å². The van der Waals surface area contributed by atoms with Gasteiger partial charge in [0.1, 0.15) is 5.75 Å². The molecular formula is C13H11BrN2O. The molecule has 0 spiro atoms. The van der Waals surface area contributed by atoms with E-state index in [2.05, 4.69) is 11.1 Å². The van der Waals surface area contributed by atoms with Gasteiger partial charge in [-0.15, -0.1) is 17.0 Å². The highest BCUT2D eigenvalue weighted by Crippen LogP contribution is 2.29. The smallest absolute Gasteiger partial charge is 0.128 e. The van der Waals surface area contributed by atoms with E-state index in [-0.39, 0.29) is 17.0 Å². The number of halogens is 1. The fourth-order valence-electron chi connectivity index (χ4n) is 1.52. The van der Waals surface area contributed by atoms with Crippen LogP contribution in [0.3, 0.4) is 0 Å². The van der Waals surface area contributed by atoms with Gasteiger partial charge in [0.05, 0.1) is 18.7 Å². The second kappa shape index (κ2) is 6.02. The normalized spacial score (nSPS) is 8.94. The molecule has 4 heteroatoms. The third-order valence-electron chi connectivity index (χ3n) is 2.30. The Labute approximate surface area is 110 Å². The van der Waals surface area contributed by atoms with Gasteiger partial charge in [-0.3, -0.25) is 4.98 Å². The Balaban J connectivity index is 0.00000144. The number of benzene rings is 1. The van der Waals surface area contributed by atoms with Crippen molar-refractivity contribution in [2.24, 2.45) is 0 Å². The lowest BCUT2D eigenvalue weighted by molar-refractivity contribution is 0.416. The molecule has 0 atom stereocenters. The van der Waals surface area contributed by atoms with E-state index >= 15 is 0 Å². The number of pyridine rings is 1. The quantitative estimate of drug-likeness (QED) is 0.853. The molecule has 1 aromatic carbocycles. The van der Waals surface area contributed by atoms with Gasteiger partial charge >= 0.3 is 0 Å². The molecule has 2 rings (SSSR count). The maximum absolute atomic E-state index is 8.80. The molecule has 2 aromatic rings. The molecule has 0 fully saturated rings. The van der Waals surface area contributed by atoms with E-state index in [4.69, 9.17) is 10.00 Å². The molecule has 1 heterocycles. The molecule has 0 aliphatic rings. The van der Waals surface area contributed by atoms with Crippen molar-refractivity contribution in [3.63, 3.8) is 0 Å². The molecule has 0 saturated heterocycles. The topological polar surface area (TPSA) is 45.9 Å². The van der Waals surface area contributed by atoms with Gasteiger partial charge in [-0.2, -0.15) is 5.26 Å². The predicted molar refractivity (Wildman–Crippen MR) is 71.3 cm³/mol. The van der Waals surface area contributed by atoms with Crippen molar-refractivity contribution in [2.75, 3.05) is 7.11 Å². The van der Waals surface area contributed by atoms with Crippen molar-refractivity contribution >= 4 is 17.0 Å². The second-order valence-electron chi connectivity index (χ2n) is 3.27. The summed E-state index contributed by atoms with van der Waals surface area (Å²) in [5.74, 6) is 0.687. The van der Waals surface area contributed by atoms with E-state index in [0.29, 0.717) is 11.3 Å². The number of nitrogens with zero attached hydrogens (tertiary/aromatic N) is 2. The zero-order valence-electron chi connectivity index (χ0n) is 9.25. The summed E-state index contributed by atoms with van der Waals surface area (Å²) in [6.45, 7) is 0. The van der Waals surface area contributed by atoms with E-state index in [1.165, 1.54) is 0 Å². The van der Waals surface area contributed by atoms with Gasteiger partial charge in [-0.05, 0) is 24.3 Å². The first-order valence-electron chi connectivity index (χ1n) is 4.83. The number of hydrogen-bond acceptors (Lipinski definition) is 3. The van der Waals surface area contributed by atoms with Crippen molar-refractivity contribution in [1.29, 1.82) is 5.26 Å². The molecule has 0 unspecified atom stereocenters. The predicted octanol–water partition coefficient (Wildman–Crippen LogP) is 3.21. The summed E-state index contributed by atoms with van der Waals surface area (Å²) in [7, 11) is 1.59. The van der Waals surface area contributed by atoms with Crippen LogP contribution in [0.15, 0.2) is 42.7 Å². The number of aromatic nitrogens is 1. The molecule has 0 aliphatic carbocycles. The second-order valence-corrected chi connectivity index (χ2v) is 3.27. The first kappa shape index (κ1) is 13.2. The summed E-state index contributed by atoms with van der Waals surface area (Å²) in [4.78, 5) is 4.06. The third-order valence-corrected chi connectivity index (χ3v) is 2.30. The van der Waals surface area contributed by atoms with Crippen LogP contribution in [0.2, 0.25) is 0 Å². The monoisotopic (exact) mass is 290 g/mol. The summed E-state index contributed by atoms with van der Waals surface area (Å²) in [5, 5.41) is 8.80. The van der Waals surface area contributed by atoms with Gasteiger partial charge in [0, 0.05) is 23.5 Å². The summed E-state index contributed by atoms with van der Waals surface area (Å²) < 4.78 is 5.26. The molecule has 1 aromatic heterocycles. The third kappa shape index (κ3) is 2.83. The molecule has 0 radical (unpaired) electrons. The highest BCUT2D eigenvalue weighted by Gasteiger charge is 2.06. The maximum Gasteiger partial charge on any atom is 0.128 e. The summed E-state index contributed by atoms with van der Waals surface area (Å²) >= 11 is 0. The van der Waals surface area contributed by atoms with Crippen LogP contribution in [0, 0.1) is 11.3 Å². The first-order valence-corrected chi connectivity index (χ1v) is 4.83. The fraction of sp³-hybridized carbons (Fsp3) is 0.0769. The lowest BCUT2D eigenvalue weighted by Gasteiger charge is -2.08. The highest BCUT2D eigenvalue weighted by molar-refractivity contribution is 8.93. The van der Waals surface area contributed by atoms with E-state index < -0.39 is 0 Å². The molecule has 0 N–H and O–H groups in total. The van der Waals surface area contributed by atoms with E-state index in [9.17, 15) is 0 Å². The fourth-order valence-corrected chi connectivity index (χ4v) is 1.52. The number of ether oxygens (including phenoxy) is 1. The lowest BCUT2D eigenvalue weighted by atomic mass is 10.0. The van der Waals surface area contributed by atoms with Gasteiger partial charge in [0.15, 0.2) is 0 Å². The number of nitriles is 1. The lowest BCUT2D eigenvalue weighted by Crippen LogP contribution is -1.89. The summed E-state index contributed by atoms with van der Waals surface area (Å²) in [6.07, 6.45) is 3.49. The van der Waals surface area contributed by atoms with Crippen LogP contribution in [-0.4, -0.2) is 12.1 Å². The molecule has 0 aliphatic heterocycles. The zero-order chi connectivity index (χ0) is 11.4. The minimum absolute atomic E-state index is 0. The minimum Gasteiger partial charge on any atom is -0.496 e. The molecule has 0 saturated carbocycles. The number of hydrogen-bond donors (Lipinski definition) is 0. The van der Waals surface area contributed by atoms with E-state index in [1.54, 1.807) is 31.6 Å². The van der Waals surface area contributed by atoms with Crippen LogP contribution in [0.4, 0.5) is 0 Å². The van der Waals surface area contributed by atoms with Crippen molar-refractivity contribution in [1.82, 2.24) is 4.98 Å². The molecule has 0 amide bonds. The highest BCUT2D eigenvalue weighted by atomic mass is 79.9. The Morgan fingerprint density at radius 1 is 1.29 bits per heavy atom. The van der Waals surface area contributed by atoms with Gasteiger partial charge < -0.3 is 4.74 Å². The van der Waals surface area contributed by atoms with Crippen LogP contribution in [0.5, 0.6) is 5.75 Å². The van der Waals surface area contributed by atoms with Gasteiger partial charge in [-0.1, -0.05) is 6.07 Å². The molecule has 86 valence electrons. The Kier molecular flexibility index (Phi) is 4.68. The van der Waals surface area contributed by atoms with Crippen LogP contribution < -0.4 is 4.74 Å².